The zero-order chi connectivity index (χ0) is 27.0. The van der Waals surface area contributed by atoms with Gasteiger partial charge in [0, 0.05) is 38.2 Å². The number of ether oxygens (including phenoxy) is 3. The van der Waals surface area contributed by atoms with E-state index in [0.29, 0.717) is 38.2 Å². The van der Waals surface area contributed by atoms with Gasteiger partial charge in [0.2, 0.25) is 0 Å². The molecule has 3 aliphatic rings. The Kier molecular flexibility index (Phi) is 7.45. The van der Waals surface area contributed by atoms with Crippen molar-refractivity contribution in [2.45, 2.75) is 75.6 Å². The average molecular weight is 537 g/mol. The van der Waals surface area contributed by atoms with Crippen molar-refractivity contribution < 1.29 is 42.8 Å². The smallest absolute Gasteiger partial charge is 0.303 e. The van der Waals surface area contributed by atoms with Crippen LogP contribution in [0.15, 0.2) is 23.5 Å². The number of oxime groups is 1. The Hall–Kier alpha value is -3.00. The molecule has 0 amide bonds. The molecule has 1 aromatic heterocycles. The number of hydrogen-bond acceptors (Lipinski definition) is 10. The molecule has 206 valence electrons. The minimum absolute atomic E-state index is 0.0220. The van der Waals surface area contributed by atoms with Gasteiger partial charge in [0.25, 0.3) is 0 Å². The summed E-state index contributed by atoms with van der Waals surface area (Å²) in [6.45, 7) is 3.28. The van der Waals surface area contributed by atoms with Gasteiger partial charge in [0.1, 0.15) is 35.6 Å². The van der Waals surface area contributed by atoms with Gasteiger partial charge in [0.05, 0.1) is 31.7 Å². The third-order valence-electron chi connectivity index (χ3n) is 7.37. The topological polar surface area (TPSA) is 138 Å². The number of nitrogens with zero attached hydrogens (tertiary/aromatic N) is 4. The lowest BCUT2D eigenvalue weighted by Crippen LogP contribution is -2.57. The van der Waals surface area contributed by atoms with Gasteiger partial charge in [0.15, 0.2) is 17.7 Å². The number of rotatable bonds is 6. The van der Waals surface area contributed by atoms with Gasteiger partial charge in [-0.15, -0.1) is 5.10 Å². The maximum Gasteiger partial charge on any atom is 0.303 e. The summed E-state index contributed by atoms with van der Waals surface area (Å²) in [5, 5.41) is 33.3. The number of aliphatic hydroxyl groups excluding tert-OH is 2. The van der Waals surface area contributed by atoms with E-state index in [1.165, 1.54) is 36.9 Å². The largest absolute Gasteiger partial charge is 0.457 e. The van der Waals surface area contributed by atoms with Crippen LogP contribution >= 0.6 is 0 Å². The Morgan fingerprint density at radius 2 is 2.00 bits per heavy atom. The predicted octanol–water partition coefficient (Wildman–Crippen LogP) is 1.84. The molecule has 0 unspecified atom stereocenters. The minimum atomic E-state index is -1.36. The lowest BCUT2D eigenvalue weighted by Gasteiger charge is -2.43. The first-order chi connectivity index (χ1) is 18.2. The van der Waals surface area contributed by atoms with E-state index in [2.05, 4.69) is 15.5 Å². The van der Waals surface area contributed by atoms with Crippen LogP contribution in [0.1, 0.15) is 44.2 Å². The van der Waals surface area contributed by atoms with E-state index in [-0.39, 0.29) is 23.2 Å². The van der Waals surface area contributed by atoms with Crippen LogP contribution in [0.25, 0.3) is 11.3 Å². The van der Waals surface area contributed by atoms with Crippen molar-refractivity contribution in [2.24, 2.45) is 5.16 Å². The highest BCUT2D eigenvalue weighted by molar-refractivity contribution is 5.86. The van der Waals surface area contributed by atoms with Crippen LogP contribution in [0.4, 0.5) is 8.78 Å². The summed E-state index contributed by atoms with van der Waals surface area (Å²) < 4.78 is 47.1. The fourth-order valence-corrected chi connectivity index (χ4v) is 5.32. The van der Waals surface area contributed by atoms with E-state index in [0.717, 1.165) is 0 Å². The number of aliphatic hydroxyl groups is 2. The van der Waals surface area contributed by atoms with Gasteiger partial charge in [-0.05, 0) is 18.6 Å². The summed E-state index contributed by atoms with van der Waals surface area (Å²) in [5.74, 6) is -2.70. The number of benzene rings is 1. The van der Waals surface area contributed by atoms with Crippen LogP contribution in [0.2, 0.25) is 0 Å². The highest BCUT2D eigenvalue weighted by atomic mass is 19.2. The molecule has 4 heterocycles. The summed E-state index contributed by atoms with van der Waals surface area (Å²) in [6, 6.07) is 1.76. The van der Waals surface area contributed by atoms with E-state index in [9.17, 15) is 23.8 Å². The maximum absolute atomic E-state index is 14.6. The number of carbonyl (C=O) groups is 1. The molecule has 5 atom stereocenters. The van der Waals surface area contributed by atoms with Gasteiger partial charge in [-0.25, -0.2) is 13.5 Å². The molecule has 11 nitrogen and oxygen atoms in total. The average Bonchev–Trinajstić information content (AvgIpc) is 3.52. The van der Waals surface area contributed by atoms with E-state index in [1.807, 2.05) is 0 Å². The summed E-state index contributed by atoms with van der Waals surface area (Å²) in [6.07, 6.45) is -0.811. The Balaban J connectivity index is 1.44. The molecule has 38 heavy (non-hydrogen) atoms. The Morgan fingerprint density at radius 1 is 1.24 bits per heavy atom. The molecule has 1 spiro atoms. The van der Waals surface area contributed by atoms with Crippen molar-refractivity contribution in [3.05, 3.63) is 35.5 Å². The van der Waals surface area contributed by atoms with Crippen molar-refractivity contribution in [1.82, 2.24) is 15.0 Å². The van der Waals surface area contributed by atoms with Gasteiger partial charge in [-0.1, -0.05) is 16.4 Å². The number of esters is 1. The highest BCUT2D eigenvalue weighted by Crippen LogP contribution is 2.39. The second-order valence-electron chi connectivity index (χ2n) is 10.0. The normalized spacial score (nSPS) is 28.7. The molecule has 2 N–H and O–H groups in total. The number of carbonyl (C=O) groups excluding carboxylic acids is 1. The molecule has 0 aliphatic carbocycles. The summed E-state index contributed by atoms with van der Waals surface area (Å²) in [4.78, 5) is 17.9. The third kappa shape index (κ3) is 5.03. The van der Waals surface area contributed by atoms with Crippen molar-refractivity contribution in [3.8, 4) is 11.3 Å². The number of aromatic nitrogens is 3. The van der Waals surface area contributed by atoms with Crippen LogP contribution in [0.3, 0.4) is 0 Å². The Bertz CT molecular complexity index is 1220. The summed E-state index contributed by atoms with van der Waals surface area (Å²) in [5.41, 5.74) is 0.303. The molecule has 0 saturated carbocycles. The van der Waals surface area contributed by atoms with Crippen molar-refractivity contribution in [1.29, 1.82) is 0 Å². The van der Waals surface area contributed by atoms with Crippen LogP contribution in [0.5, 0.6) is 0 Å². The van der Waals surface area contributed by atoms with Gasteiger partial charge in [-0.3, -0.25) is 4.79 Å². The van der Waals surface area contributed by atoms with Crippen LogP contribution in [0, 0.1) is 18.6 Å². The SMILES string of the molecule is CC(=O)O[C@@H]1[C@@H](n2cc(-c3ccc(C)c(F)c3F)nn2)[C@@H](O)[C@@H](CO)O[C@@H]1CC1=NOC2(CCOCC2)C1. The number of aryl methyl sites for hydroxylation is 1. The molecular weight excluding hydrogens is 506 g/mol. The number of hydrogen-bond donors (Lipinski definition) is 2. The van der Waals surface area contributed by atoms with E-state index in [1.54, 1.807) is 0 Å². The van der Waals surface area contributed by atoms with E-state index >= 15 is 0 Å². The van der Waals surface area contributed by atoms with Crippen molar-refractivity contribution in [2.75, 3.05) is 19.8 Å². The second-order valence-corrected chi connectivity index (χ2v) is 10.0. The molecule has 2 aromatic rings. The highest BCUT2D eigenvalue weighted by Gasteiger charge is 2.50. The van der Waals surface area contributed by atoms with Crippen LogP contribution in [-0.4, -0.2) is 86.7 Å². The van der Waals surface area contributed by atoms with Gasteiger partial charge in [-0.2, -0.15) is 0 Å². The van der Waals surface area contributed by atoms with Crippen molar-refractivity contribution in [3.63, 3.8) is 0 Å². The maximum atomic E-state index is 14.6. The molecule has 13 heteroatoms. The first-order valence-corrected chi connectivity index (χ1v) is 12.5. The molecule has 3 aliphatic heterocycles. The molecule has 2 saturated heterocycles. The fourth-order valence-electron chi connectivity index (χ4n) is 5.32. The van der Waals surface area contributed by atoms with Gasteiger partial charge >= 0.3 is 5.97 Å². The summed E-state index contributed by atoms with van der Waals surface area (Å²) >= 11 is 0. The van der Waals surface area contributed by atoms with Gasteiger partial charge < -0.3 is 29.3 Å². The number of halogens is 2. The Labute approximate surface area is 217 Å². The van der Waals surface area contributed by atoms with E-state index in [4.69, 9.17) is 19.0 Å². The second kappa shape index (κ2) is 10.6. The van der Waals surface area contributed by atoms with Crippen LogP contribution < -0.4 is 0 Å². The molecule has 0 radical (unpaired) electrons. The molecule has 2 fully saturated rings. The lowest BCUT2D eigenvalue weighted by molar-refractivity contribution is -0.216. The van der Waals surface area contributed by atoms with Crippen molar-refractivity contribution >= 4 is 11.7 Å². The Morgan fingerprint density at radius 3 is 2.71 bits per heavy atom. The predicted molar refractivity (Wildman–Crippen MR) is 127 cm³/mol. The molecule has 0 bridgehead atoms. The summed E-state index contributed by atoms with van der Waals surface area (Å²) in [7, 11) is 0. The monoisotopic (exact) mass is 536 g/mol. The molecule has 5 rings (SSSR count). The quantitative estimate of drug-likeness (QED) is 0.530. The first kappa shape index (κ1) is 26.6. The zero-order valence-corrected chi connectivity index (χ0v) is 21.0. The minimum Gasteiger partial charge on any atom is -0.457 e. The standard InChI is InChI=1S/C25H30F2N4O7/c1-13-3-4-16(21(27)20(13)26)17-11-31(30-28-17)22-23(34)19(12-32)37-18(24(22)36-14(2)33)9-15-10-25(38-29-15)5-7-35-8-6-25/h3-4,11,18-19,22-24,32,34H,5-10,12H2,1-2H3/t18-,19-,22+,23+,24+/m1/s1. The molecule has 1 aromatic carbocycles. The van der Waals surface area contributed by atoms with E-state index < -0.39 is 60.3 Å². The molecular formula is C25H30F2N4O7. The lowest BCUT2D eigenvalue weighted by atomic mass is 9.85. The fraction of sp³-hybridized carbons (Fsp3) is 0.600. The first-order valence-electron chi connectivity index (χ1n) is 12.5. The third-order valence-corrected chi connectivity index (χ3v) is 7.37. The van der Waals surface area contributed by atoms with Crippen LogP contribution in [-0.2, 0) is 23.8 Å². The zero-order valence-electron chi connectivity index (χ0n) is 21.0.